The lowest BCUT2D eigenvalue weighted by molar-refractivity contribution is -0.129. The van der Waals surface area contributed by atoms with Gasteiger partial charge in [0.15, 0.2) is 0 Å². The number of hydrogen-bond acceptors (Lipinski definition) is 2. The van der Waals surface area contributed by atoms with Crippen molar-refractivity contribution in [3.63, 3.8) is 0 Å². The zero-order chi connectivity index (χ0) is 14.9. The first-order chi connectivity index (χ1) is 10.1. The van der Waals surface area contributed by atoms with Crippen molar-refractivity contribution in [1.29, 1.82) is 0 Å². The smallest absolute Gasteiger partial charge is 0.251 e. The second-order valence-corrected chi connectivity index (χ2v) is 6.09. The summed E-state index contributed by atoms with van der Waals surface area (Å²) in [7, 11) is 0. The number of fused-ring (bicyclic) bond motifs is 1. The van der Waals surface area contributed by atoms with Crippen LogP contribution in [0.3, 0.4) is 0 Å². The van der Waals surface area contributed by atoms with Crippen LogP contribution in [-0.4, -0.2) is 10.9 Å². The van der Waals surface area contributed by atoms with E-state index in [0.717, 1.165) is 43.0 Å². The Morgan fingerprint density at radius 2 is 1.90 bits per heavy atom. The molecule has 1 aromatic heterocycles. The van der Waals surface area contributed by atoms with Gasteiger partial charge in [-0.2, -0.15) is 0 Å². The molecule has 1 aliphatic rings. The third kappa shape index (κ3) is 2.58. The Bertz CT molecular complexity index is 727. The molecule has 0 aliphatic heterocycles. The molecule has 3 rings (SSSR count). The highest BCUT2D eigenvalue weighted by Crippen LogP contribution is 2.38. The SMILES string of the molecule is NC(=O)C1(Cc2cc3ccccc3[nH]c2=O)CCCCC1. The average Bonchev–Trinajstić information content (AvgIpc) is 2.49. The number of H-pyrrole nitrogens is 1. The predicted octanol–water partition coefficient (Wildman–Crippen LogP) is 2.51. The molecular formula is C17H20N2O2. The molecule has 0 saturated heterocycles. The highest BCUT2D eigenvalue weighted by atomic mass is 16.1. The van der Waals surface area contributed by atoms with Gasteiger partial charge in [0.2, 0.25) is 5.91 Å². The van der Waals surface area contributed by atoms with E-state index in [1.165, 1.54) is 0 Å². The van der Waals surface area contributed by atoms with Crippen LogP contribution in [0.25, 0.3) is 10.9 Å². The topological polar surface area (TPSA) is 76.0 Å². The summed E-state index contributed by atoms with van der Waals surface area (Å²) < 4.78 is 0. The van der Waals surface area contributed by atoms with E-state index in [2.05, 4.69) is 4.98 Å². The molecule has 1 fully saturated rings. The van der Waals surface area contributed by atoms with Gasteiger partial charge in [0.05, 0.1) is 5.41 Å². The zero-order valence-electron chi connectivity index (χ0n) is 12.0. The van der Waals surface area contributed by atoms with E-state index in [9.17, 15) is 9.59 Å². The largest absolute Gasteiger partial charge is 0.369 e. The van der Waals surface area contributed by atoms with Gasteiger partial charge < -0.3 is 10.7 Å². The van der Waals surface area contributed by atoms with Gasteiger partial charge in [-0.1, -0.05) is 37.5 Å². The number of amides is 1. The average molecular weight is 284 g/mol. The summed E-state index contributed by atoms with van der Waals surface area (Å²) in [4.78, 5) is 27.1. The molecule has 1 aromatic carbocycles. The molecule has 110 valence electrons. The van der Waals surface area contributed by atoms with Crippen LogP contribution in [0, 0.1) is 5.41 Å². The molecular weight excluding hydrogens is 264 g/mol. The Balaban J connectivity index is 2.01. The van der Waals surface area contributed by atoms with Crippen LogP contribution < -0.4 is 11.3 Å². The molecule has 1 amide bonds. The van der Waals surface area contributed by atoms with Gasteiger partial charge in [-0.3, -0.25) is 9.59 Å². The van der Waals surface area contributed by atoms with Crippen LogP contribution >= 0.6 is 0 Å². The molecule has 4 nitrogen and oxygen atoms in total. The lowest BCUT2D eigenvalue weighted by atomic mass is 9.70. The Labute approximate surface area is 123 Å². The lowest BCUT2D eigenvalue weighted by Crippen LogP contribution is -2.41. The molecule has 0 radical (unpaired) electrons. The van der Waals surface area contributed by atoms with Gasteiger partial charge in [-0.25, -0.2) is 0 Å². The number of hydrogen-bond donors (Lipinski definition) is 2. The van der Waals surface area contributed by atoms with E-state index in [0.29, 0.717) is 12.0 Å². The number of pyridine rings is 1. The summed E-state index contributed by atoms with van der Waals surface area (Å²) in [6.45, 7) is 0. The molecule has 0 atom stereocenters. The van der Waals surface area contributed by atoms with Gasteiger partial charge in [-0.15, -0.1) is 0 Å². The summed E-state index contributed by atoms with van der Waals surface area (Å²) >= 11 is 0. The van der Waals surface area contributed by atoms with E-state index < -0.39 is 5.41 Å². The Kier molecular flexibility index (Phi) is 3.53. The summed E-state index contributed by atoms with van der Waals surface area (Å²) in [5.41, 5.74) is 6.49. The van der Waals surface area contributed by atoms with Crippen molar-refractivity contribution in [3.8, 4) is 0 Å². The molecule has 0 spiro atoms. The molecule has 0 unspecified atom stereocenters. The van der Waals surface area contributed by atoms with E-state index in [-0.39, 0.29) is 11.5 Å². The van der Waals surface area contributed by atoms with Crippen LogP contribution in [0.4, 0.5) is 0 Å². The van der Waals surface area contributed by atoms with Gasteiger partial charge in [0, 0.05) is 11.1 Å². The van der Waals surface area contributed by atoms with Crippen molar-refractivity contribution in [2.45, 2.75) is 38.5 Å². The minimum absolute atomic E-state index is 0.111. The van der Waals surface area contributed by atoms with E-state index in [1.54, 1.807) is 0 Å². The minimum Gasteiger partial charge on any atom is -0.369 e. The maximum atomic E-state index is 12.3. The number of benzene rings is 1. The molecule has 1 saturated carbocycles. The summed E-state index contributed by atoms with van der Waals surface area (Å²) in [5, 5.41) is 0.988. The van der Waals surface area contributed by atoms with Crippen molar-refractivity contribution in [2.75, 3.05) is 0 Å². The first kappa shape index (κ1) is 13.9. The van der Waals surface area contributed by atoms with Crippen LogP contribution in [0.2, 0.25) is 0 Å². The number of nitrogens with two attached hydrogens (primary N) is 1. The maximum Gasteiger partial charge on any atom is 0.251 e. The zero-order valence-corrected chi connectivity index (χ0v) is 12.0. The number of nitrogens with one attached hydrogen (secondary N) is 1. The molecule has 3 N–H and O–H groups in total. The predicted molar refractivity (Wildman–Crippen MR) is 83.0 cm³/mol. The van der Waals surface area contributed by atoms with Crippen LogP contribution in [0.15, 0.2) is 35.1 Å². The highest BCUT2D eigenvalue weighted by molar-refractivity contribution is 5.82. The van der Waals surface area contributed by atoms with E-state index in [4.69, 9.17) is 5.73 Å². The highest BCUT2D eigenvalue weighted by Gasteiger charge is 2.38. The first-order valence-electron chi connectivity index (χ1n) is 7.52. The Hall–Kier alpha value is -2.10. The standard InChI is InChI=1S/C17H20N2O2/c18-16(21)17(8-4-1-5-9-17)11-13-10-12-6-2-3-7-14(12)19-15(13)20/h2-3,6-7,10H,1,4-5,8-9,11H2,(H2,18,21)(H,19,20). The van der Waals surface area contributed by atoms with Gasteiger partial charge in [0.25, 0.3) is 5.56 Å². The Morgan fingerprint density at radius 3 is 2.62 bits per heavy atom. The van der Waals surface area contributed by atoms with Gasteiger partial charge in [-0.05, 0) is 36.8 Å². The van der Waals surface area contributed by atoms with Crippen molar-refractivity contribution in [3.05, 3.63) is 46.2 Å². The molecule has 21 heavy (non-hydrogen) atoms. The summed E-state index contributed by atoms with van der Waals surface area (Å²) in [6.07, 6.45) is 5.18. The normalized spacial score (nSPS) is 17.7. The van der Waals surface area contributed by atoms with Gasteiger partial charge in [0.1, 0.15) is 0 Å². The quantitative estimate of drug-likeness (QED) is 0.908. The Morgan fingerprint density at radius 1 is 1.19 bits per heavy atom. The second-order valence-electron chi connectivity index (χ2n) is 6.09. The number of carbonyl (C=O) groups is 1. The summed E-state index contributed by atoms with van der Waals surface area (Å²) in [6, 6.07) is 9.57. The number of carbonyl (C=O) groups excluding carboxylic acids is 1. The molecule has 1 heterocycles. The first-order valence-corrected chi connectivity index (χ1v) is 7.52. The van der Waals surface area contributed by atoms with Crippen LogP contribution in [0.1, 0.15) is 37.7 Å². The van der Waals surface area contributed by atoms with Crippen molar-refractivity contribution in [1.82, 2.24) is 4.98 Å². The van der Waals surface area contributed by atoms with Crippen molar-refractivity contribution >= 4 is 16.8 Å². The van der Waals surface area contributed by atoms with E-state index in [1.807, 2.05) is 30.3 Å². The molecule has 2 aromatic rings. The minimum atomic E-state index is -0.548. The van der Waals surface area contributed by atoms with Crippen LogP contribution in [-0.2, 0) is 11.2 Å². The van der Waals surface area contributed by atoms with Crippen LogP contribution in [0.5, 0.6) is 0 Å². The number of aromatic nitrogens is 1. The fraction of sp³-hybridized carbons (Fsp3) is 0.412. The lowest BCUT2D eigenvalue weighted by Gasteiger charge is -2.34. The fourth-order valence-corrected chi connectivity index (χ4v) is 3.43. The monoisotopic (exact) mass is 284 g/mol. The number of aromatic amines is 1. The number of primary amides is 1. The van der Waals surface area contributed by atoms with Gasteiger partial charge >= 0.3 is 0 Å². The fourth-order valence-electron chi connectivity index (χ4n) is 3.43. The second kappa shape index (κ2) is 5.35. The number of rotatable bonds is 3. The summed E-state index contributed by atoms with van der Waals surface area (Å²) in [5.74, 6) is -0.269. The van der Waals surface area contributed by atoms with Crippen molar-refractivity contribution < 1.29 is 4.79 Å². The van der Waals surface area contributed by atoms with Crippen molar-refractivity contribution in [2.24, 2.45) is 11.1 Å². The third-order valence-electron chi connectivity index (χ3n) is 4.69. The number of para-hydroxylation sites is 1. The molecule has 1 aliphatic carbocycles. The maximum absolute atomic E-state index is 12.3. The molecule has 0 bridgehead atoms. The third-order valence-corrected chi connectivity index (χ3v) is 4.69. The van der Waals surface area contributed by atoms with E-state index >= 15 is 0 Å². The molecule has 4 heteroatoms.